The molecule has 0 unspecified atom stereocenters. The van der Waals surface area contributed by atoms with Crippen LogP contribution in [0.3, 0.4) is 0 Å². The maximum atomic E-state index is 11.2. The molecule has 6 heteroatoms. The van der Waals surface area contributed by atoms with E-state index in [-0.39, 0.29) is 18.6 Å². The molecular formula is C8H10N2O4. The number of carbonyl (C=O) groups is 1. The van der Waals surface area contributed by atoms with E-state index in [4.69, 9.17) is 9.84 Å². The van der Waals surface area contributed by atoms with Gasteiger partial charge in [-0.25, -0.2) is 4.98 Å². The van der Waals surface area contributed by atoms with Crippen LogP contribution >= 0.6 is 0 Å². The molecule has 0 aliphatic rings. The summed E-state index contributed by atoms with van der Waals surface area (Å²) in [7, 11) is 1.48. The maximum absolute atomic E-state index is 11.2. The fourth-order valence-corrected chi connectivity index (χ4v) is 0.957. The Morgan fingerprint density at radius 1 is 1.71 bits per heavy atom. The van der Waals surface area contributed by atoms with Crippen LogP contribution in [0.2, 0.25) is 0 Å². The lowest BCUT2D eigenvalue weighted by Gasteiger charge is -1.99. The molecule has 1 aromatic heterocycles. The van der Waals surface area contributed by atoms with Gasteiger partial charge in [0.15, 0.2) is 0 Å². The molecule has 0 amide bonds. The topological polar surface area (TPSA) is 92.3 Å². The van der Waals surface area contributed by atoms with Crippen LogP contribution in [0.1, 0.15) is 11.4 Å². The van der Waals surface area contributed by atoms with Gasteiger partial charge in [-0.2, -0.15) is 0 Å². The van der Waals surface area contributed by atoms with E-state index in [1.165, 1.54) is 13.3 Å². The second kappa shape index (κ2) is 4.52. The van der Waals surface area contributed by atoms with Crippen molar-refractivity contribution >= 4 is 5.97 Å². The van der Waals surface area contributed by atoms with Crippen molar-refractivity contribution in [2.75, 3.05) is 7.11 Å². The van der Waals surface area contributed by atoms with Crippen molar-refractivity contribution < 1.29 is 14.6 Å². The van der Waals surface area contributed by atoms with Crippen molar-refractivity contribution in [2.45, 2.75) is 13.0 Å². The standard InChI is InChI=1S/C8H10N2O4/c1-14-4-6-9-3-5(2-7(11)12)8(13)10-6/h3H,2,4H2,1H3,(H,11,12)(H,9,10,13). The molecule has 0 aromatic carbocycles. The molecule has 0 radical (unpaired) electrons. The van der Waals surface area contributed by atoms with E-state index < -0.39 is 11.5 Å². The van der Waals surface area contributed by atoms with Crippen molar-refractivity contribution in [1.29, 1.82) is 0 Å². The highest BCUT2D eigenvalue weighted by atomic mass is 16.5. The molecule has 0 saturated carbocycles. The number of nitrogens with one attached hydrogen (secondary N) is 1. The first kappa shape index (κ1) is 10.4. The molecule has 2 N–H and O–H groups in total. The number of aromatic amines is 1. The summed E-state index contributed by atoms with van der Waals surface area (Å²) in [6.45, 7) is 0.197. The zero-order chi connectivity index (χ0) is 10.6. The van der Waals surface area contributed by atoms with Crippen molar-refractivity contribution in [3.63, 3.8) is 0 Å². The Morgan fingerprint density at radius 3 is 2.93 bits per heavy atom. The number of carboxylic acids is 1. The van der Waals surface area contributed by atoms with Crippen molar-refractivity contribution in [2.24, 2.45) is 0 Å². The summed E-state index contributed by atoms with van der Waals surface area (Å²) in [6.07, 6.45) is 0.927. The SMILES string of the molecule is COCc1ncc(CC(=O)O)c(=O)[nH]1. The Labute approximate surface area is 79.6 Å². The summed E-state index contributed by atoms with van der Waals surface area (Å²) in [5, 5.41) is 8.46. The van der Waals surface area contributed by atoms with E-state index in [0.29, 0.717) is 5.82 Å². The molecule has 14 heavy (non-hydrogen) atoms. The van der Waals surface area contributed by atoms with E-state index >= 15 is 0 Å². The third kappa shape index (κ3) is 2.67. The van der Waals surface area contributed by atoms with E-state index in [0.717, 1.165) is 0 Å². The quantitative estimate of drug-likeness (QED) is 0.683. The number of carboxylic acid groups (broad SMARTS) is 1. The lowest BCUT2D eigenvalue weighted by molar-refractivity contribution is -0.136. The molecule has 0 aliphatic carbocycles. The molecule has 0 aliphatic heterocycles. The van der Waals surface area contributed by atoms with Gasteiger partial charge in [0.2, 0.25) is 0 Å². The number of aliphatic carboxylic acids is 1. The van der Waals surface area contributed by atoms with Crippen LogP contribution in [0, 0.1) is 0 Å². The predicted molar refractivity (Wildman–Crippen MR) is 46.9 cm³/mol. The van der Waals surface area contributed by atoms with Crippen molar-refractivity contribution in [3.8, 4) is 0 Å². The van der Waals surface area contributed by atoms with Crippen LogP contribution in [0.5, 0.6) is 0 Å². The van der Waals surface area contributed by atoms with E-state index in [9.17, 15) is 9.59 Å². The number of nitrogens with zero attached hydrogens (tertiary/aromatic N) is 1. The number of H-pyrrole nitrogens is 1. The van der Waals surface area contributed by atoms with Gasteiger partial charge in [0, 0.05) is 18.9 Å². The second-order valence-corrected chi connectivity index (χ2v) is 2.69. The predicted octanol–water partition coefficient (Wildman–Crippen LogP) is -0.457. The second-order valence-electron chi connectivity index (χ2n) is 2.69. The summed E-state index contributed by atoms with van der Waals surface area (Å²) in [5.41, 5.74) is -0.299. The van der Waals surface area contributed by atoms with E-state index in [1.807, 2.05) is 0 Å². The van der Waals surface area contributed by atoms with E-state index in [2.05, 4.69) is 9.97 Å². The van der Waals surface area contributed by atoms with Gasteiger partial charge in [-0.3, -0.25) is 9.59 Å². The molecule has 6 nitrogen and oxygen atoms in total. The van der Waals surface area contributed by atoms with Crippen LogP contribution in [-0.2, 0) is 22.6 Å². The van der Waals surface area contributed by atoms with Gasteiger partial charge in [-0.05, 0) is 0 Å². The summed E-state index contributed by atoms with van der Waals surface area (Å²) >= 11 is 0. The first-order valence-electron chi connectivity index (χ1n) is 3.91. The Morgan fingerprint density at radius 2 is 2.43 bits per heavy atom. The number of hydrogen-bond donors (Lipinski definition) is 2. The Kier molecular flexibility index (Phi) is 3.35. The van der Waals surface area contributed by atoms with Crippen LogP contribution in [0.15, 0.2) is 11.0 Å². The van der Waals surface area contributed by atoms with Gasteiger partial charge >= 0.3 is 5.97 Å². The lowest BCUT2D eigenvalue weighted by Crippen LogP contribution is -2.19. The summed E-state index contributed by atoms with van der Waals surface area (Å²) in [6, 6.07) is 0. The Balaban J connectivity index is 2.90. The minimum absolute atomic E-state index is 0.136. The van der Waals surface area contributed by atoms with Crippen LogP contribution in [-0.4, -0.2) is 28.2 Å². The molecule has 0 spiro atoms. The number of aromatic nitrogens is 2. The van der Waals surface area contributed by atoms with E-state index in [1.54, 1.807) is 0 Å². The minimum atomic E-state index is -1.06. The molecule has 0 atom stereocenters. The minimum Gasteiger partial charge on any atom is -0.481 e. The number of ether oxygens (including phenoxy) is 1. The average molecular weight is 198 g/mol. The van der Waals surface area contributed by atoms with Crippen molar-refractivity contribution in [1.82, 2.24) is 9.97 Å². The lowest BCUT2D eigenvalue weighted by atomic mass is 10.2. The molecule has 0 bridgehead atoms. The molecule has 76 valence electrons. The molecule has 1 rings (SSSR count). The largest absolute Gasteiger partial charge is 0.481 e. The molecule has 0 saturated heterocycles. The summed E-state index contributed by atoms with van der Waals surface area (Å²) < 4.78 is 4.75. The summed E-state index contributed by atoms with van der Waals surface area (Å²) in [5.74, 6) is -0.677. The van der Waals surface area contributed by atoms with Gasteiger partial charge in [-0.15, -0.1) is 0 Å². The zero-order valence-electron chi connectivity index (χ0n) is 7.61. The van der Waals surface area contributed by atoms with Gasteiger partial charge in [0.25, 0.3) is 5.56 Å². The molecular weight excluding hydrogens is 188 g/mol. The zero-order valence-corrected chi connectivity index (χ0v) is 7.61. The van der Waals surface area contributed by atoms with Crippen LogP contribution in [0.25, 0.3) is 0 Å². The molecule has 1 aromatic rings. The monoisotopic (exact) mass is 198 g/mol. The Bertz CT molecular complexity index is 385. The Hall–Kier alpha value is -1.69. The molecule has 0 fully saturated rings. The highest BCUT2D eigenvalue weighted by molar-refractivity contribution is 5.69. The first-order chi connectivity index (χ1) is 6.63. The van der Waals surface area contributed by atoms with Crippen LogP contribution in [0.4, 0.5) is 0 Å². The molecule has 1 heterocycles. The number of hydrogen-bond acceptors (Lipinski definition) is 4. The number of methoxy groups -OCH3 is 1. The fourth-order valence-electron chi connectivity index (χ4n) is 0.957. The number of rotatable bonds is 4. The van der Waals surface area contributed by atoms with Crippen molar-refractivity contribution in [3.05, 3.63) is 27.9 Å². The van der Waals surface area contributed by atoms with Gasteiger partial charge in [0.05, 0.1) is 6.42 Å². The van der Waals surface area contributed by atoms with Gasteiger partial charge in [-0.1, -0.05) is 0 Å². The summed E-state index contributed by atoms with van der Waals surface area (Å²) in [4.78, 5) is 27.8. The highest BCUT2D eigenvalue weighted by Gasteiger charge is 2.06. The van der Waals surface area contributed by atoms with Gasteiger partial charge < -0.3 is 14.8 Å². The fraction of sp³-hybridized carbons (Fsp3) is 0.375. The normalized spacial score (nSPS) is 10.1. The van der Waals surface area contributed by atoms with Crippen LogP contribution < -0.4 is 5.56 Å². The highest BCUT2D eigenvalue weighted by Crippen LogP contribution is 1.92. The smallest absolute Gasteiger partial charge is 0.308 e. The average Bonchev–Trinajstić information content (AvgIpc) is 2.10. The van der Waals surface area contributed by atoms with Gasteiger partial charge in [0.1, 0.15) is 12.4 Å². The third-order valence-electron chi connectivity index (χ3n) is 1.55. The third-order valence-corrected chi connectivity index (χ3v) is 1.55. The first-order valence-corrected chi connectivity index (χ1v) is 3.91. The maximum Gasteiger partial charge on any atom is 0.308 e.